The molecule has 0 N–H and O–H groups in total. The second kappa shape index (κ2) is 4.95. The van der Waals surface area contributed by atoms with Crippen molar-refractivity contribution in [3.63, 3.8) is 0 Å². The van der Waals surface area contributed by atoms with Crippen molar-refractivity contribution in [2.75, 3.05) is 7.11 Å². The molecule has 2 nitrogen and oxygen atoms in total. The van der Waals surface area contributed by atoms with Crippen molar-refractivity contribution in [3.8, 4) is 0 Å². The van der Waals surface area contributed by atoms with E-state index in [0.717, 1.165) is 17.6 Å². The first-order valence-corrected chi connectivity index (χ1v) is 4.34. The summed E-state index contributed by atoms with van der Waals surface area (Å²) >= 11 is 0.887. The van der Waals surface area contributed by atoms with Crippen LogP contribution in [0.25, 0.3) is 0 Å². The summed E-state index contributed by atoms with van der Waals surface area (Å²) in [7, 11) is 1.49. The quantitative estimate of drug-likeness (QED) is 0.669. The smallest absolute Gasteiger partial charge is 0.219 e. The molecule has 1 aromatic rings. The van der Waals surface area contributed by atoms with E-state index in [9.17, 15) is 4.79 Å². The predicted octanol–water partition coefficient (Wildman–Crippen LogP) is 2.05. The van der Waals surface area contributed by atoms with Gasteiger partial charge in [-0.1, -0.05) is 30.3 Å². The van der Waals surface area contributed by atoms with Crippen LogP contribution in [-0.4, -0.2) is 12.2 Å². The highest BCUT2D eigenvalue weighted by Crippen LogP contribution is 2.08. The first-order valence-electron chi connectivity index (χ1n) is 3.60. The molecule has 0 aliphatic carbocycles. The maximum absolute atomic E-state index is 11.1. The molecule has 0 radical (unpaired) electrons. The molecule has 0 bridgehead atoms. The summed E-state index contributed by atoms with van der Waals surface area (Å²) in [5, 5.41) is 0.0312. The third kappa shape index (κ3) is 3.07. The van der Waals surface area contributed by atoms with Gasteiger partial charge in [-0.3, -0.25) is 4.79 Å². The predicted molar refractivity (Wildman–Crippen MR) is 49.8 cm³/mol. The maximum atomic E-state index is 11.1. The average molecular weight is 182 g/mol. The molecule has 0 unspecified atom stereocenters. The lowest BCUT2D eigenvalue weighted by Crippen LogP contribution is -1.96. The van der Waals surface area contributed by atoms with Gasteiger partial charge in [0, 0.05) is 6.42 Å². The molecule has 0 aromatic heterocycles. The fourth-order valence-electron chi connectivity index (χ4n) is 0.885. The van der Waals surface area contributed by atoms with Crippen molar-refractivity contribution in [1.29, 1.82) is 0 Å². The summed E-state index contributed by atoms with van der Waals surface area (Å²) in [5.74, 6) is 0. The second-order valence-corrected chi connectivity index (χ2v) is 3.24. The summed E-state index contributed by atoms with van der Waals surface area (Å²) in [4.78, 5) is 11.1. The molecule has 12 heavy (non-hydrogen) atoms. The monoisotopic (exact) mass is 182 g/mol. The third-order valence-corrected chi connectivity index (χ3v) is 1.86. The first kappa shape index (κ1) is 9.29. The largest absolute Gasteiger partial charge is 0.311 e. The van der Waals surface area contributed by atoms with Crippen LogP contribution in [0.15, 0.2) is 30.3 Å². The minimum atomic E-state index is 0.0312. The third-order valence-electron chi connectivity index (χ3n) is 1.37. The van der Waals surface area contributed by atoms with E-state index in [1.165, 1.54) is 7.11 Å². The summed E-state index contributed by atoms with van der Waals surface area (Å²) in [5.41, 5.74) is 1.02. The van der Waals surface area contributed by atoms with E-state index in [0.29, 0.717) is 6.42 Å². The van der Waals surface area contributed by atoms with Gasteiger partial charge < -0.3 is 4.18 Å². The number of hydrogen-bond donors (Lipinski definition) is 0. The zero-order valence-corrected chi connectivity index (χ0v) is 7.64. The molecule has 64 valence electrons. The standard InChI is InChI=1S/C9H10O2S/c1-11-12-9(10)7-8-5-3-2-4-6-8/h2-6H,7H2,1H3. The first-order chi connectivity index (χ1) is 5.83. The fourth-order valence-corrected chi connectivity index (χ4v) is 1.30. The molecule has 0 aliphatic rings. The van der Waals surface area contributed by atoms with Crippen molar-refractivity contribution < 1.29 is 8.98 Å². The Labute approximate surface area is 76.1 Å². The van der Waals surface area contributed by atoms with Gasteiger partial charge in [-0.25, -0.2) is 0 Å². The molecule has 0 saturated heterocycles. The molecule has 0 heterocycles. The molecule has 0 amide bonds. The highest BCUT2D eigenvalue weighted by Gasteiger charge is 2.02. The Hall–Kier alpha value is -0.800. The van der Waals surface area contributed by atoms with Gasteiger partial charge in [-0.05, 0) is 5.56 Å². The van der Waals surface area contributed by atoms with Crippen LogP contribution in [0.1, 0.15) is 5.56 Å². The summed E-state index contributed by atoms with van der Waals surface area (Å²) < 4.78 is 4.64. The number of hydrogen-bond acceptors (Lipinski definition) is 3. The highest BCUT2D eigenvalue weighted by atomic mass is 32.2. The van der Waals surface area contributed by atoms with Crippen LogP contribution >= 0.6 is 12.0 Å². The number of carbonyl (C=O) groups excluding carboxylic acids is 1. The van der Waals surface area contributed by atoms with E-state index in [2.05, 4.69) is 4.18 Å². The zero-order chi connectivity index (χ0) is 8.81. The van der Waals surface area contributed by atoms with Crippen LogP contribution in [0.5, 0.6) is 0 Å². The van der Waals surface area contributed by atoms with Crippen LogP contribution in [0.4, 0.5) is 0 Å². The highest BCUT2D eigenvalue weighted by molar-refractivity contribution is 8.09. The Morgan fingerprint density at radius 3 is 2.67 bits per heavy atom. The average Bonchev–Trinajstić information content (AvgIpc) is 2.06. The lowest BCUT2D eigenvalue weighted by atomic mass is 10.2. The van der Waals surface area contributed by atoms with E-state index >= 15 is 0 Å². The van der Waals surface area contributed by atoms with Gasteiger partial charge >= 0.3 is 0 Å². The van der Waals surface area contributed by atoms with Crippen LogP contribution in [0.2, 0.25) is 0 Å². The Morgan fingerprint density at radius 1 is 1.42 bits per heavy atom. The van der Waals surface area contributed by atoms with Gasteiger partial charge in [0.2, 0.25) is 5.12 Å². The van der Waals surface area contributed by atoms with Gasteiger partial charge in [0.1, 0.15) is 0 Å². The summed E-state index contributed by atoms with van der Waals surface area (Å²) in [6, 6.07) is 9.61. The van der Waals surface area contributed by atoms with Crippen molar-refractivity contribution in [1.82, 2.24) is 0 Å². The van der Waals surface area contributed by atoms with Crippen molar-refractivity contribution in [2.24, 2.45) is 0 Å². The summed E-state index contributed by atoms with van der Waals surface area (Å²) in [6.45, 7) is 0. The Bertz CT molecular complexity index is 246. The number of carbonyl (C=O) groups is 1. The van der Waals surface area contributed by atoms with E-state index in [-0.39, 0.29) is 5.12 Å². The van der Waals surface area contributed by atoms with Crippen LogP contribution < -0.4 is 0 Å². The molecule has 1 rings (SSSR count). The number of benzene rings is 1. The van der Waals surface area contributed by atoms with Gasteiger partial charge in [-0.15, -0.1) is 0 Å². The lowest BCUT2D eigenvalue weighted by Gasteiger charge is -1.97. The Balaban J connectivity index is 2.47. The molecular formula is C9H10O2S. The normalized spacial score (nSPS) is 9.75. The number of rotatable bonds is 3. The van der Waals surface area contributed by atoms with Crippen molar-refractivity contribution >= 4 is 17.2 Å². The second-order valence-electron chi connectivity index (χ2n) is 2.28. The van der Waals surface area contributed by atoms with E-state index in [1.807, 2.05) is 30.3 Å². The molecule has 0 fully saturated rings. The van der Waals surface area contributed by atoms with Gasteiger partial charge in [0.25, 0.3) is 0 Å². The van der Waals surface area contributed by atoms with Crippen molar-refractivity contribution in [3.05, 3.63) is 35.9 Å². The lowest BCUT2D eigenvalue weighted by molar-refractivity contribution is -0.110. The molecular weight excluding hydrogens is 172 g/mol. The van der Waals surface area contributed by atoms with E-state index in [1.54, 1.807) is 0 Å². The van der Waals surface area contributed by atoms with Crippen LogP contribution in [0.3, 0.4) is 0 Å². The fraction of sp³-hybridized carbons (Fsp3) is 0.222. The molecule has 0 saturated carbocycles. The van der Waals surface area contributed by atoms with Gasteiger partial charge in [0.15, 0.2) is 0 Å². The van der Waals surface area contributed by atoms with E-state index in [4.69, 9.17) is 0 Å². The zero-order valence-electron chi connectivity index (χ0n) is 6.82. The van der Waals surface area contributed by atoms with Crippen LogP contribution in [-0.2, 0) is 15.4 Å². The Kier molecular flexibility index (Phi) is 3.84. The minimum Gasteiger partial charge on any atom is -0.311 e. The maximum Gasteiger partial charge on any atom is 0.219 e. The molecule has 0 spiro atoms. The molecule has 3 heteroatoms. The van der Waals surface area contributed by atoms with Gasteiger partial charge in [0.05, 0.1) is 19.2 Å². The molecule has 0 aliphatic heterocycles. The summed E-state index contributed by atoms with van der Waals surface area (Å²) in [6.07, 6.45) is 0.430. The SMILES string of the molecule is COSC(=O)Cc1ccccc1. The van der Waals surface area contributed by atoms with Crippen LogP contribution in [0, 0.1) is 0 Å². The minimum absolute atomic E-state index is 0.0312. The Morgan fingerprint density at radius 2 is 2.08 bits per heavy atom. The topological polar surface area (TPSA) is 26.3 Å². The molecule has 1 aromatic carbocycles. The van der Waals surface area contributed by atoms with Crippen molar-refractivity contribution in [2.45, 2.75) is 6.42 Å². The van der Waals surface area contributed by atoms with Gasteiger partial charge in [-0.2, -0.15) is 0 Å². The molecule has 0 atom stereocenters. The van der Waals surface area contributed by atoms with E-state index < -0.39 is 0 Å².